The van der Waals surface area contributed by atoms with Gasteiger partial charge in [0.2, 0.25) is 0 Å². The highest BCUT2D eigenvalue weighted by atomic mass is 16.5. The maximum absolute atomic E-state index is 10.4. The molecule has 0 aliphatic carbocycles. The van der Waals surface area contributed by atoms with E-state index in [9.17, 15) is 5.11 Å². The normalized spacial score (nSPS) is 23.7. The van der Waals surface area contributed by atoms with Crippen LogP contribution in [-0.2, 0) is 11.3 Å². The molecule has 8 rings (SSSR count). The van der Waals surface area contributed by atoms with Gasteiger partial charge in [0.1, 0.15) is 5.75 Å². The second kappa shape index (κ2) is 9.54. The molecule has 2 bridgehead atoms. The van der Waals surface area contributed by atoms with Gasteiger partial charge in [-0.2, -0.15) is 0 Å². The van der Waals surface area contributed by atoms with Crippen LogP contribution in [0.15, 0.2) is 97.7 Å². The van der Waals surface area contributed by atoms with Gasteiger partial charge in [-0.3, -0.25) is 9.88 Å². The number of pyridine rings is 1. The Bertz CT molecular complexity index is 1610. The average molecular weight is 501 g/mol. The van der Waals surface area contributed by atoms with E-state index < -0.39 is 0 Å². The molecule has 4 aromatic carbocycles. The molecule has 3 saturated heterocycles. The number of nitrogens with zero attached hydrogens (tertiary/aromatic N) is 2. The van der Waals surface area contributed by atoms with Crippen molar-refractivity contribution in [1.29, 1.82) is 0 Å². The molecule has 1 N–H and O–H groups in total. The second-order valence-corrected chi connectivity index (χ2v) is 10.9. The van der Waals surface area contributed by atoms with Gasteiger partial charge in [0, 0.05) is 24.2 Å². The summed E-state index contributed by atoms with van der Waals surface area (Å²) in [6.45, 7) is 6.75. The number of aromatic nitrogens is 1. The largest absolute Gasteiger partial charge is 0.508 e. The lowest BCUT2D eigenvalue weighted by Gasteiger charge is -2.51. The number of hydrogen-bond donors (Lipinski definition) is 1. The SMILES string of the molecule is C=CC1CN2CCC1C[C@@H]2[C@@H](OCc1c2ccccc2cc2ccccc12)c1ccnc2ccc(O)cc12. The highest BCUT2D eigenvalue weighted by molar-refractivity contribution is 6.02. The Morgan fingerprint density at radius 3 is 2.45 bits per heavy atom. The van der Waals surface area contributed by atoms with Gasteiger partial charge >= 0.3 is 0 Å². The van der Waals surface area contributed by atoms with E-state index in [2.05, 4.69) is 83.2 Å². The van der Waals surface area contributed by atoms with Crippen LogP contribution < -0.4 is 0 Å². The molecule has 3 fully saturated rings. The zero-order valence-electron chi connectivity index (χ0n) is 21.5. The number of phenolic OH excluding ortho intramolecular Hbond substituents is 1. The predicted octanol–water partition coefficient (Wildman–Crippen LogP) is 7.40. The van der Waals surface area contributed by atoms with Crippen LogP contribution in [0.25, 0.3) is 32.4 Å². The van der Waals surface area contributed by atoms with Gasteiger partial charge in [-0.15, -0.1) is 6.58 Å². The van der Waals surface area contributed by atoms with Crippen molar-refractivity contribution in [3.8, 4) is 5.75 Å². The van der Waals surface area contributed by atoms with Gasteiger partial charge in [-0.25, -0.2) is 0 Å². The third-order valence-electron chi connectivity index (χ3n) is 8.86. The summed E-state index contributed by atoms with van der Waals surface area (Å²) in [6, 6.07) is 27.2. The van der Waals surface area contributed by atoms with Crippen LogP contribution in [0.3, 0.4) is 0 Å². The third-order valence-corrected chi connectivity index (χ3v) is 8.86. The highest BCUT2D eigenvalue weighted by Crippen LogP contribution is 2.44. The molecule has 3 aliphatic rings. The maximum atomic E-state index is 10.4. The number of hydrogen-bond acceptors (Lipinski definition) is 4. The fourth-order valence-electron chi connectivity index (χ4n) is 6.94. The first-order chi connectivity index (χ1) is 18.7. The quantitative estimate of drug-likeness (QED) is 0.195. The maximum Gasteiger partial charge on any atom is 0.116 e. The summed E-state index contributed by atoms with van der Waals surface area (Å²) in [5.74, 6) is 1.43. The first-order valence-electron chi connectivity index (χ1n) is 13.6. The van der Waals surface area contributed by atoms with Crippen LogP contribution in [-0.4, -0.2) is 34.1 Å². The zero-order valence-corrected chi connectivity index (χ0v) is 21.5. The minimum atomic E-state index is -0.145. The van der Waals surface area contributed by atoms with E-state index in [4.69, 9.17) is 4.74 Å². The number of phenols is 1. The Balaban J connectivity index is 1.34. The summed E-state index contributed by atoms with van der Waals surface area (Å²) in [5, 5.41) is 16.3. The molecule has 0 amide bonds. The second-order valence-electron chi connectivity index (χ2n) is 10.9. The number of piperidine rings is 3. The van der Waals surface area contributed by atoms with Crippen LogP contribution in [0.1, 0.15) is 30.1 Å². The van der Waals surface area contributed by atoms with Crippen molar-refractivity contribution in [1.82, 2.24) is 9.88 Å². The topological polar surface area (TPSA) is 45.6 Å². The first-order valence-corrected chi connectivity index (χ1v) is 13.6. The van der Waals surface area contributed by atoms with Gasteiger partial charge in [0.15, 0.2) is 0 Å². The molecule has 0 saturated carbocycles. The number of rotatable bonds is 6. The lowest BCUT2D eigenvalue weighted by Crippen LogP contribution is -2.55. The van der Waals surface area contributed by atoms with Crippen LogP contribution in [0, 0.1) is 11.8 Å². The van der Waals surface area contributed by atoms with E-state index >= 15 is 0 Å². The summed E-state index contributed by atoms with van der Waals surface area (Å²) in [5.41, 5.74) is 3.21. The van der Waals surface area contributed by atoms with Crippen LogP contribution in [0.5, 0.6) is 5.75 Å². The number of ether oxygens (including phenoxy) is 1. The van der Waals surface area contributed by atoms with Crippen molar-refractivity contribution in [2.75, 3.05) is 13.1 Å². The van der Waals surface area contributed by atoms with Crippen LogP contribution >= 0.6 is 0 Å². The molecule has 190 valence electrons. The van der Waals surface area contributed by atoms with E-state index in [1.165, 1.54) is 33.5 Å². The first kappa shape index (κ1) is 23.4. The molecular formula is C34H32N2O2. The standard InChI is InChI=1S/C34H32N2O2/c1-2-22-20-36-16-14-23(22)18-33(36)34(29-13-15-35-32-12-11-26(37)19-30(29)32)38-21-31-27-9-5-3-7-24(27)17-25-8-4-6-10-28(25)31/h2-13,15,17,19,22-23,33-34,37H,1,14,16,18,20-21H2/t22?,23?,33-,34+/m1/s1. The Labute approximate surface area is 223 Å². The molecule has 0 spiro atoms. The Morgan fingerprint density at radius 1 is 0.974 bits per heavy atom. The lowest BCUT2D eigenvalue weighted by atomic mass is 9.73. The van der Waals surface area contributed by atoms with Crippen molar-refractivity contribution in [2.45, 2.75) is 31.6 Å². The molecule has 5 atom stereocenters. The minimum absolute atomic E-state index is 0.145. The molecule has 5 aromatic rings. The van der Waals surface area contributed by atoms with E-state index in [0.29, 0.717) is 18.4 Å². The molecule has 0 radical (unpaired) electrons. The lowest BCUT2D eigenvalue weighted by molar-refractivity contribution is -0.0799. The van der Waals surface area contributed by atoms with Crippen LogP contribution in [0.4, 0.5) is 0 Å². The Hall–Kier alpha value is -3.73. The monoisotopic (exact) mass is 500 g/mol. The average Bonchev–Trinajstić information content (AvgIpc) is 2.97. The van der Waals surface area contributed by atoms with E-state index in [-0.39, 0.29) is 17.9 Å². The van der Waals surface area contributed by atoms with Crippen molar-refractivity contribution < 1.29 is 9.84 Å². The molecular weight excluding hydrogens is 468 g/mol. The molecule has 38 heavy (non-hydrogen) atoms. The zero-order chi connectivity index (χ0) is 25.6. The minimum Gasteiger partial charge on any atom is -0.508 e. The van der Waals surface area contributed by atoms with Gasteiger partial charge in [0.05, 0.1) is 18.2 Å². The highest BCUT2D eigenvalue weighted by Gasteiger charge is 2.43. The molecule has 1 aromatic heterocycles. The van der Waals surface area contributed by atoms with E-state index in [1.54, 1.807) is 6.07 Å². The van der Waals surface area contributed by atoms with Crippen molar-refractivity contribution in [2.24, 2.45) is 11.8 Å². The fraction of sp³-hybridized carbons (Fsp3) is 0.265. The fourth-order valence-corrected chi connectivity index (χ4v) is 6.94. The third kappa shape index (κ3) is 3.96. The Morgan fingerprint density at radius 2 is 1.74 bits per heavy atom. The number of benzene rings is 4. The summed E-state index contributed by atoms with van der Waals surface area (Å²) in [6.07, 6.45) is 6.17. The smallest absolute Gasteiger partial charge is 0.116 e. The summed E-state index contributed by atoms with van der Waals surface area (Å²) >= 11 is 0. The summed E-state index contributed by atoms with van der Waals surface area (Å²) in [7, 11) is 0. The molecule has 4 heteroatoms. The Kier molecular flexibility index (Phi) is 5.87. The van der Waals surface area contributed by atoms with Gasteiger partial charge < -0.3 is 9.84 Å². The van der Waals surface area contributed by atoms with Crippen LogP contribution in [0.2, 0.25) is 0 Å². The predicted molar refractivity (Wildman–Crippen MR) is 154 cm³/mol. The van der Waals surface area contributed by atoms with Gasteiger partial charge in [-0.05, 0) is 94.2 Å². The van der Waals surface area contributed by atoms with Crippen molar-refractivity contribution in [3.05, 3.63) is 109 Å². The van der Waals surface area contributed by atoms with E-state index in [1.807, 2.05) is 18.3 Å². The summed E-state index contributed by atoms with van der Waals surface area (Å²) < 4.78 is 7.06. The molecule has 4 heterocycles. The molecule has 3 aliphatic heterocycles. The molecule has 4 nitrogen and oxygen atoms in total. The van der Waals surface area contributed by atoms with Gasteiger partial charge in [0.25, 0.3) is 0 Å². The molecule has 3 unspecified atom stereocenters. The van der Waals surface area contributed by atoms with Crippen molar-refractivity contribution in [3.63, 3.8) is 0 Å². The van der Waals surface area contributed by atoms with Gasteiger partial charge in [-0.1, -0.05) is 54.6 Å². The number of fused-ring (bicyclic) bond motifs is 6. The van der Waals surface area contributed by atoms with Crippen molar-refractivity contribution >= 4 is 32.4 Å². The number of aromatic hydroxyl groups is 1. The summed E-state index contributed by atoms with van der Waals surface area (Å²) in [4.78, 5) is 7.19. The van der Waals surface area contributed by atoms with E-state index in [0.717, 1.165) is 36.0 Å².